The summed E-state index contributed by atoms with van der Waals surface area (Å²) in [5.74, 6) is 0. The van der Waals surface area contributed by atoms with E-state index >= 15 is 0 Å². The van der Waals surface area contributed by atoms with Gasteiger partial charge in [-0.1, -0.05) is 0 Å². The van der Waals surface area contributed by atoms with Gasteiger partial charge in [-0.3, -0.25) is 0 Å². The molecule has 8 heteroatoms. The van der Waals surface area contributed by atoms with E-state index in [1.54, 1.807) is 0 Å². The molecule has 14 heavy (non-hydrogen) atoms. The Balaban J connectivity index is 0. The van der Waals surface area contributed by atoms with Crippen molar-refractivity contribution in [2.45, 2.75) is 12.4 Å². The third-order valence-electron chi connectivity index (χ3n) is 0.756. The molecule has 0 aromatic heterocycles. The van der Waals surface area contributed by atoms with Gasteiger partial charge in [0.15, 0.2) is 0 Å². The largest absolute Gasteiger partial charge is 0.426 e. The predicted molar refractivity (Wildman–Crippen MR) is 32.6 cm³/mol. The molecule has 0 bridgehead atoms. The maximum atomic E-state index is 11.2. The fraction of sp³-hybridized carbons (Fsp3) is 0.333. The van der Waals surface area contributed by atoms with Gasteiger partial charge in [0.05, 0.1) is 0 Å². The molecule has 0 saturated carbocycles. The van der Waals surface area contributed by atoms with Crippen molar-refractivity contribution >= 4 is 0 Å². The average molecular weight is 228 g/mol. The molecule has 0 aliphatic carbocycles. The fourth-order valence-electron chi connectivity index (χ4n) is 0.375. The molecule has 0 aliphatic heterocycles. The van der Waals surface area contributed by atoms with Crippen LogP contribution in [-0.2, 0) is 0 Å². The first-order valence-electron chi connectivity index (χ1n) is 2.76. The highest BCUT2D eigenvalue weighted by Gasteiger charge is 2.54. The van der Waals surface area contributed by atoms with Crippen molar-refractivity contribution in [1.29, 1.82) is 0 Å². The predicted octanol–water partition coefficient (Wildman–Crippen LogP) is 4.06. The first-order chi connectivity index (χ1) is 6.07. The van der Waals surface area contributed by atoms with Gasteiger partial charge >= 0.3 is 12.4 Å². The Labute approximate surface area is 73.5 Å². The lowest BCUT2D eigenvalue weighted by Crippen LogP contribution is -2.26. The molecular formula is C6H4F8. The summed E-state index contributed by atoms with van der Waals surface area (Å²) >= 11 is 0. The summed E-state index contributed by atoms with van der Waals surface area (Å²) in [7, 11) is 0. The van der Waals surface area contributed by atoms with Gasteiger partial charge in [-0.15, -0.1) is 13.2 Å². The van der Waals surface area contributed by atoms with Crippen LogP contribution in [0.4, 0.5) is 35.1 Å². The van der Waals surface area contributed by atoms with Crippen molar-refractivity contribution < 1.29 is 35.1 Å². The van der Waals surface area contributed by atoms with Crippen LogP contribution >= 0.6 is 0 Å². The van der Waals surface area contributed by atoms with Gasteiger partial charge in [-0.05, 0) is 0 Å². The average Bonchev–Trinajstić information content (AvgIpc) is 1.82. The second-order valence-electron chi connectivity index (χ2n) is 1.63. The van der Waals surface area contributed by atoms with Gasteiger partial charge < -0.3 is 0 Å². The highest BCUT2D eigenvalue weighted by molar-refractivity contribution is 5.15. The number of hydrogen-bond acceptors (Lipinski definition) is 0. The molecule has 0 N–H and O–H groups in total. The smallest absolute Gasteiger partial charge is 0.173 e. The normalized spacial score (nSPS) is 11.4. The quantitative estimate of drug-likeness (QED) is 0.433. The van der Waals surface area contributed by atoms with Gasteiger partial charge in [-0.25, -0.2) is 0 Å². The third kappa shape index (κ3) is 4.83. The van der Waals surface area contributed by atoms with Crippen molar-refractivity contribution in [2.75, 3.05) is 0 Å². The summed E-state index contributed by atoms with van der Waals surface area (Å²) in [5.41, 5.74) is -3.75. The van der Waals surface area contributed by atoms with Gasteiger partial charge in [-0.2, -0.15) is 35.1 Å². The minimum Gasteiger partial charge on any atom is -0.173 e. The van der Waals surface area contributed by atoms with Crippen LogP contribution in [0.25, 0.3) is 0 Å². The molecule has 0 aromatic rings. The minimum absolute atomic E-state index is 3.00. The summed E-state index contributed by atoms with van der Waals surface area (Å²) in [5, 5.41) is 0. The lowest BCUT2D eigenvalue weighted by molar-refractivity contribution is -0.176. The van der Waals surface area contributed by atoms with E-state index in [0.717, 1.165) is 0 Å². The first-order valence-corrected chi connectivity index (χ1v) is 2.76. The van der Waals surface area contributed by atoms with Crippen LogP contribution in [0, 0.1) is 0 Å². The molecular weight excluding hydrogens is 224 g/mol. The second-order valence-corrected chi connectivity index (χ2v) is 1.63. The highest BCUT2D eigenvalue weighted by Crippen LogP contribution is 2.41. The van der Waals surface area contributed by atoms with Crippen molar-refractivity contribution in [3.05, 3.63) is 24.8 Å². The number of rotatable bonds is 0. The van der Waals surface area contributed by atoms with Crippen LogP contribution in [0.1, 0.15) is 0 Å². The van der Waals surface area contributed by atoms with E-state index in [9.17, 15) is 35.1 Å². The van der Waals surface area contributed by atoms with Crippen LogP contribution in [-0.4, -0.2) is 12.4 Å². The van der Waals surface area contributed by atoms with E-state index in [1.807, 2.05) is 0 Å². The summed E-state index contributed by atoms with van der Waals surface area (Å²) < 4.78 is 89.5. The van der Waals surface area contributed by atoms with Crippen LogP contribution < -0.4 is 0 Å². The monoisotopic (exact) mass is 228 g/mol. The summed E-state index contributed by atoms with van der Waals surface area (Å²) in [4.78, 5) is 0. The molecule has 0 spiro atoms. The van der Waals surface area contributed by atoms with E-state index in [-0.39, 0.29) is 0 Å². The number of halogens is 8. The second kappa shape index (κ2) is 4.97. The molecule has 0 nitrogen and oxygen atoms in total. The van der Waals surface area contributed by atoms with Crippen LogP contribution in [0.2, 0.25) is 0 Å². The zero-order valence-electron chi connectivity index (χ0n) is 6.44. The van der Waals surface area contributed by atoms with Crippen molar-refractivity contribution in [3.63, 3.8) is 0 Å². The zero-order chi connectivity index (χ0) is 12.2. The van der Waals surface area contributed by atoms with Gasteiger partial charge in [0.2, 0.25) is 5.57 Å². The summed E-state index contributed by atoms with van der Waals surface area (Å²) in [6, 6.07) is 0. The molecule has 0 unspecified atom stereocenters. The number of alkyl halides is 6. The van der Waals surface area contributed by atoms with Crippen molar-refractivity contribution in [2.24, 2.45) is 0 Å². The standard InChI is InChI=1S/C4F8.C2H4/c5-2(6)1(3(7,8)9)4(10,11)12;1-2/h;1-2H2. The Bertz CT molecular complexity index is 187. The van der Waals surface area contributed by atoms with Crippen LogP contribution in [0.15, 0.2) is 24.8 Å². The van der Waals surface area contributed by atoms with Crippen LogP contribution in [0.3, 0.4) is 0 Å². The third-order valence-corrected chi connectivity index (χ3v) is 0.756. The van der Waals surface area contributed by atoms with Gasteiger partial charge in [0, 0.05) is 0 Å². The molecule has 0 amide bonds. The summed E-state index contributed by atoms with van der Waals surface area (Å²) in [6.07, 6.45) is -15.9. The zero-order valence-corrected chi connectivity index (χ0v) is 6.44. The Morgan fingerprint density at radius 1 is 0.714 bits per heavy atom. The molecule has 84 valence electrons. The highest BCUT2D eigenvalue weighted by atomic mass is 19.4. The SMILES string of the molecule is C=C.FC(F)=C(C(F)(F)F)C(F)(F)F. The van der Waals surface area contributed by atoms with Crippen molar-refractivity contribution in [3.8, 4) is 0 Å². The van der Waals surface area contributed by atoms with E-state index < -0.39 is 24.0 Å². The lowest BCUT2D eigenvalue weighted by Gasteiger charge is -2.12. The van der Waals surface area contributed by atoms with E-state index in [0.29, 0.717) is 0 Å². The van der Waals surface area contributed by atoms with Crippen LogP contribution in [0.5, 0.6) is 0 Å². The maximum absolute atomic E-state index is 11.2. The minimum atomic E-state index is -6.07. The van der Waals surface area contributed by atoms with Crippen molar-refractivity contribution in [1.82, 2.24) is 0 Å². The Kier molecular flexibility index (Phi) is 5.46. The molecule has 0 rings (SSSR count). The number of hydrogen-bond donors (Lipinski definition) is 0. The van der Waals surface area contributed by atoms with Gasteiger partial charge in [0.1, 0.15) is 0 Å². The summed E-state index contributed by atoms with van der Waals surface area (Å²) in [6.45, 7) is 6.00. The lowest BCUT2D eigenvalue weighted by atomic mass is 10.3. The van der Waals surface area contributed by atoms with E-state index in [4.69, 9.17) is 0 Å². The fourth-order valence-corrected chi connectivity index (χ4v) is 0.375. The molecule has 0 fully saturated rings. The molecule has 0 saturated heterocycles. The maximum Gasteiger partial charge on any atom is 0.426 e. The first kappa shape index (κ1) is 15.4. The topological polar surface area (TPSA) is 0 Å². The molecule has 0 radical (unpaired) electrons. The Morgan fingerprint density at radius 2 is 0.929 bits per heavy atom. The Morgan fingerprint density at radius 3 is 0.929 bits per heavy atom. The molecule has 0 heterocycles. The molecule has 0 atom stereocenters. The van der Waals surface area contributed by atoms with Gasteiger partial charge in [0.25, 0.3) is 6.08 Å². The molecule has 0 aromatic carbocycles. The number of allylic oxidation sites excluding steroid dienone is 1. The molecule has 0 aliphatic rings. The van der Waals surface area contributed by atoms with E-state index in [2.05, 4.69) is 13.2 Å². The van der Waals surface area contributed by atoms with E-state index in [1.165, 1.54) is 0 Å². The Hall–Kier alpha value is -1.08.